The van der Waals surface area contributed by atoms with Crippen LogP contribution in [0.15, 0.2) is 0 Å². The summed E-state index contributed by atoms with van der Waals surface area (Å²) in [6.45, 7) is 0. The van der Waals surface area contributed by atoms with Crippen molar-refractivity contribution in [3.63, 3.8) is 0 Å². The topological polar surface area (TPSA) is 34.1 Å². The van der Waals surface area contributed by atoms with E-state index in [0.29, 0.717) is 19.3 Å². The fraction of sp³-hybridized carbons (Fsp3) is 0.667. The predicted octanol–water partition coefficient (Wildman–Crippen LogP) is 0.607. The van der Waals surface area contributed by atoms with Crippen molar-refractivity contribution >= 4 is 24.2 Å². The van der Waals surface area contributed by atoms with Crippen LogP contribution < -0.4 is 0 Å². The van der Waals surface area contributed by atoms with Gasteiger partial charge < -0.3 is 0 Å². The lowest BCUT2D eigenvalue weighted by atomic mass is 9.98. The summed E-state index contributed by atoms with van der Waals surface area (Å²) in [6, 6.07) is 0. The summed E-state index contributed by atoms with van der Waals surface area (Å²) in [6.07, 6.45) is 1.16. The third-order valence-electron chi connectivity index (χ3n) is 1.44. The molecule has 1 fully saturated rings. The van der Waals surface area contributed by atoms with E-state index in [-0.39, 0.29) is 16.8 Å². The molecule has 50 valence electrons. The molecule has 1 saturated carbocycles. The Morgan fingerprint density at radius 3 is 2.44 bits per heavy atom. The van der Waals surface area contributed by atoms with E-state index in [0.717, 1.165) is 0 Å². The number of ketones is 2. The van der Waals surface area contributed by atoms with Crippen LogP contribution in [0, 0.1) is 0 Å². The average Bonchev–Trinajstić information content (AvgIpc) is 1.80. The molecule has 9 heavy (non-hydrogen) atoms. The van der Waals surface area contributed by atoms with Crippen LogP contribution in [0.4, 0.5) is 0 Å². The van der Waals surface area contributed by atoms with Gasteiger partial charge in [-0.05, 0) is 0 Å². The van der Waals surface area contributed by atoms with Crippen molar-refractivity contribution in [3.05, 3.63) is 0 Å². The molecule has 0 N–H and O–H groups in total. The van der Waals surface area contributed by atoms with E-state index >= 15 is 0 Å². The Morgan fingerprint density at radius 2 is 2.00 bits per heavy atom. The first-order valence-corrected chi connectivity index (χ1v) is 3.44. The van der Waals surface area contributed by atoms with Crippen molar-refractivity contribution in [2.24, 2.45) is 0 Å². The van der Waals surface area contributed by atoms with Crippen LogP contribution in [0.25, 0.3) is 0 Å². The summed E-state index contributed by atoms with van der Waals surface area (Å²) in [4.78, 5) is 21.3. The molecule has 1 unspecified atom stereocenters. The van der Waals surface area contributed by atoms with Gasteiger partial charge in [0.25, 0.3) is 0 Å². The van der Waals surface area contributed by atoms with E-state index in [2.05, 4.69) is 12.6 Å². The lowest BCUT2D eigenvalue weighted by Crippen LogP contribution is -2.24. The summed E-state index contributed by atoms with van der Waals surface area (Å²) in [7, 11) is 0. The van der Waals surface area contributed by atoms with Crippen LogP contribution in [-0.4, -0.2) is 16.8 Å². The Kier molecular flexibility index (Phi) is 1.90. The van der Waals surface area contributed by atoms with Crippen LogP contribution in [0.5, 0.6) is 0 Å². The van der Waals surface area contributed by atoms with Crippen molar-refractivity contribution in [1.29, 1.82) is 0 Å². The molecule has 1 atom stereocenters. The summed E-state index contributed by atoms with van der Waals surface area (Å²) in [5.41, 5.74) is 0. The fourth-order valence-corrected chi connectivity index (χ4v) is 1.19. The van der Waals surface area contributed by atoms with E-state index < -0.39 is 0 Å². The minimum atomic E-state index is -0.314. The molecular formula is C6H8O2S. The van der Waals surface area contributed by atoms with Gasteiger partial charge in [-0.1, -0.05) is 0 Å². The van der Waals surface area contributed by atoms with Crippen molar-refractivity contribution in [2.75, 3.05) is 0 Å². The minimum Gasteiger partial charge on any atom is -0.300 e. The monoisotopic (exact) mass is 144 g/mol. The number of hydrogen-bond acceptors (Lipinski definition) is 3. The van der Waals surface area contributed by atoms with Gasteiger partial charge in [0.05, 0.1) is 5.25 Å². The van der Waals surface area contributed by atoms with E-state index in [1.165, 1.54) is 0 Å². The van der Waals surface area contributed by atoms with Gasteiger partial charge in [0.2, 0.25) is 0 Å². The second-order valence-corrected chi connectivity index (χ2v) is 2.85. The number of carbonyl (C=O) groups is 2. The lowest BCUT2D eigenvalue weighted by Gasteiger charge is -2.13. The largest absolute Gasteiger partial charge is 0.300 e. The normalized spacial score (nSPS) is 28.8. The van der Waals surface area contributed by atoms with Gasteiger partial charge in [0.1, 0.15) is 11.6 Å². The molecule has 1 aliphatic carbocycles. The average molecular weight is 144 g/mol. The van der Waals surface area contributed by atoms with Gasteiger partial charge in [-0.25, -0.2) is 0 Å². The maximum absolute atomic E-state index is 10.7. The van der Waals surface area contributed by atoms with Crippen molar-refractivity contribution in [3.8, 4) is 0 Å². The zero-order valence-electron chi connectivity index (χ0n) is 4.96. The summed E-state index contributed by atoms with van der Waals surface area (Å²) < 4.78 is 0. The second kappa shape index (κ2) is 2.52. The fourth-order valence-electron chi connectivity index (χ4n) is 0.861. The Hall–Kier alpha value is -0.310. The number of Topliss-reactive ketones (excluding diaryl/α,β-unsaturated/α-hetero) is 2. The molecule has 0 aromatic heterocycles. The first-order chi connectivity index (χ1) is 4.20. The van der Waals surface area contributed by atoms with Crippen LogP contribution in [0.2, 0.25) is 0 Å². The Balaban J connectivity index is 2.54. The smallest absolute Gasteiger partial charge is 0.146 e. The van der Waals surface area contributed by atoms with Gasteiger partial charge >= 0.3 is 0 Å². The highest BCUT2D eigenvalue weighted by Gasteiger charge is 2.23. The van der Waals surface area contributed by atoms with E-state index in [9.17, 15) is 9.59 Å². The van der Waals surface area contributed by atoms with Crippen LogP contribution in [-0.2, 0) is 9.59 Å². The maximum atomic E-state index is 10.7. The molecule has 2 nitrogen and oxygen atoms in total. The summed E-state index contributed by atoms with van der Waals surface area (Å²) in [5, 5.41) is -0.314. The Labute approximate surface area is 59.0 Å². The SMILES string of the molecule is O=C1CCC(=O)C(S)C1. The van der Waals surface area contributed by atoms with Gasteiger partial charge in [-0.2, -0.15) is 12.6 Å². The second-order valence-electron chi connectivity index (χ2n) is 2.22. The van der Waals surface area contributed by atoms with E-state index in [4.69, 9.17) is 0 Å². The molecule has 1 rings (SSSR count). The number of carbonyl (C=O) groups excluding carboxylic acids is 2. The van der Waals surface area contributed by atoms with Crippen LogP contribution in [0.3, 0.4) is 0 Å². The lowest BCUT2D eigenvalue weighted by molar-refractivity contribution is -0.128. The third-order valence-corrected chi connectivity index (χ3v) is 1.91. The molecule has 0 saturated heterocycles. The third kappa shape index (κ3) is 1.55. The first kappa shape index (κ1) is 6.81. The molecule has 0 aromatic carbocycles. The molecule has 1 aliphatic rings. The number of hydrogen-bond donors (Lipinski definition) is 1. The molecular weight excluding hydrogens is 136 g/mol. The van der Waals surface area contributed by atoms with Gasteiger partial charge in [0, 0.05) is 19.3 Å². The molecule has 0 aromatic rings. The van der Waals surface area contributed by atoms with Crippen molar-refractivity contribution in [2.45, 2.75) is 24.5 Å². The molecule has 0 amide bonds. The van der Waals surface area contributed by atoms with Crippen molar-refractivity contribution in [1.82, 2.24) is 0 Å². The molecule has 0 bridgehead atoms. The standard InChI is InChI=1S/C6H8O2S/c7-4-1-2-5(8)6(9)3-4/h6,9H,1-3H2. The van der Waals surface area contributed by atoms with Crippen molar-refractivity contribution < 1.29 is 9.59 Å². The van der Waals surface area contributed by atoms with E-state index in [1.54, 1.807) is 0 Å². The molecule has 0 spiro atoms. The van der Waals surface area contributed by atoms with E-state index in [1.807, 2.05) is 0 Å². The van der Waals surface area contributed by atoms with Gasteiger partial charge in [-0.15, -0.1) is 0 Å². The maximum Gasteiger partial charge on any atom is 0.146 e. The van der Waals surface area contributed by atoms with Gasteiger partial charge in [-0.3, -0.25) is 9.59 Å². The number of rotatable bonds is 0. The predicted molar refractivity (Wildman–Crippen MR) is 36.6 cm³/mol. The Bertz CT molecular complexity index is 153. The molecule has 0 heterocycles. The summed E-state index contributed by atoms with van der Waals surface area (Å²) in [5.74, 6) is 0.271. The highest BCUT2D eigenvalue weighted by atomic mass is 32.1. The first-order valence-electron chi connectivity index (χ1n) is 2.92. The van der Waals surface area contributed by atoms with Crippen LogP contribution >= 0.6 is 12.6 Å². The molecule has 0 radical (unpaired) electrons. The van der Waals surface area contributed by atoms with Crippen LogP contribution in [0.1, 0.15) is 19.3 Å². The Morgan fingerprint density at radius 1 is 1.33 bits per heavy atom. The number of thiol groups is 1. The highest BCUT2D eigenvalue weighted by molar-refractivity contribution is 7.81. The molecule has 0 aliphatic heterocycles. The van der Waals surface area contributed by atoms with Gasteiger partial charge in [0.15, 0.2) is 0 Å². The highest BCUT2D eigenvalue weighted by Crippen LogP contribution is 2.15. The minimum absolute atomic E-state index is 0.109. The summed E-state index contributed by atoms with van der Waals surface area (Å²) >= 11 is 3.95. The quantitative estimate of drug-likeness (QED) is 0.505. The molecule has 3 heteroatoms. The zero-order valence-corrected chi connectivity index (χ0v) is 5.86. The zero-order chi connectivity index (χ0) is 6.85.